The molecule has 7 heteroatoms. The van der Waals surface area contributed by atoms with Gasteiger partial charge in [0.2, 0.25) is 0 Å². The van der Waals surface area contributed by atoms with Crippen LogP contribution in [0.25, 0.3) is 22.3 Å². The molecule has 6 rings (SSSR count). The van der Waals surface area contributed by atoms with E-state index in [-0.39, 0.29) is 11.9 Å². The second kappa shape index (κ2) is 8.99. The largest absolute Gasteiger partial charge is 0.377 e. The lowest BCUT2D eigenvalue weighted by molar-refractivity contribution is 0.0500. The molecule has 1 N–H and O–H groups in total. The minimum atomic E-state index is -0.609. The standard InChI is InChI=1S/C30H33N5O2/c1-19-7-5-8-21(17-19)29(36)35-14-12-24-26(30(35,3)4)32-27(23-9-6-10-25-22(23)11-13-31-25)33-28(24)34-15-16-37-18-20(34)2/h5-11,13,17,20,31H,12,14-16,18H2,1-4H3/t20-/m1/s1. The summed E-state index contributed by atoms with van der Waals surface area (Å²) in [6, 6.07) is 16.3. The van der Waals surface area contributed by atoms with Gasteiger partial charge in [-0.3, -0.25) is 4.79 Å². The quantitative estimate of drug-likeness (QED) is 0.428. The van der Waals surface area contributed by atoms with E-state index in [0.29, 0.717) is 37.6 Å². The maximum absolute atomic E-state index is 13.8. The van der Waals surface area contributed by atoms with Gasteiger partial charge in [0.1, 0.15) is 5.82 Å². The molecular formula is C30H33N5O2. The van der Waals surface area contributed by atoms with Crippen LogP contribution in [-0.2, 0) is 16.7 Å². The molecule has 0 bridgehead atoms. The summed E-state index contributed by atoms with van der Waals surface area (Å²) in [5.74, 6) is 1.70. The summed E-state index contributed by atoms with van der Waals surface area (Å²) < 4.78 is 5.75. The highest BCUT2D eigenvalue weighted by Gasteiger charge is 2.42. The minimum absolute atomic E-state index is 0.0357. The fraction of sp³-hybridized carbons (Fsp3) is 0.367. The molecule has 1 amide bonds. The van der Waals surface area contributed by atoms with Crippen molar-refractivity contribution in [2.24, 2.45) is 0 Å². The van der Waals surface area contributed by atoms with Crippen molar-refractivity contribution in [2.45, 2.75) is 45.7 Å². The van der Waals surface area contributed by atoms with Crippen LogP contribution in [0.3, 0.4) is 0 Å². The SMILES string of the molecule is Cc1cccc(C(=O)N2CCc3c(N4CCOC[C@H]4C)nc(-c4cccc5[nH]ccc45)nc3C2(C)C)c1. The van der Waals surface area contributed by atoms with Gasteiger partial charge in [-0.2, -0.15) is 0 Å². The number of rotatable bonds is 3. The van der Waals surface area contributed by atoms with Crippen LogP contribution in [0.2, 0.25) is 0 Å². The number of ether oxygens (including phenoxy) is 1. The molecule has 37 heavy (non-hydrogen) atoms. The fourth-order valence-corrected chi connectivity index (χ4v) is 5.81. The Hall–Kier alpha value is -3.71. The van der Waals surface area contributed by atoms with E-state index in [1.807, 2.05) is 48.4 Å². The summed E-state index contributed by atoms with van der Waals surface area (Å²) in [4.78, 5) is 31.8. The summed E-state index contributed by atoms with van der Waals surface area (Å²) in [5.41, 5.74) is 5.28. The highest BCUT2D eigenvalue weighted by Crippen LogP contribution is 2.41. The van der Waals surface area contributed by atoms with E-state index in [4.69, 9.17) is 14.7 Å². The number of H-pyrrole nitrogens is 1. The number of hydrogen-bond acceptors (Lipinski definition) is 5. The van der Waals surface area contributed by atoms with Gasteiger partial charge < -0.3 is 19.5 Å². The summed E-state index contributed by atoms with van der Waals surface area (Å²) in [6.45, 7) is 11.2. The summed E-state index contributed by atoms with van der Waals surface area (Å²) >= 11 is 0. The Morgan fingerprint density at radius 3 is 2.76 bits per heavy atom. The van der Waals surface area contributed by atoms with Crippen LogP contribution in [0, 0.1) is 6.92 Å². The molecule has 2 aliphatic heterocycles. The van der Waals surface area contributed by atoms with Crippen molar-refractivity contribution in [1.82, 2.24) is 19.9 Å². The molecule has 1 saturated heterocycles. The van der Waals surface area contributed by atoms with E-state index in [1.165, 1.54) is 0 Å². The molecule has 2 aliphatic rings. The Balaban J connectivity index is 1.52. The summed E-state index contributed by atoms with van der Waals surface area (Å²) in [7, 11) is 0. The van der Waals surface area contributed by atoms with Gasteiger partial charge in [-0.25, -0.2) is 9.97 Å². The predicted molar refractivity (Wildman–Crippen MR) is 146 cm³/mol. The topological polar surface area (TPSA) is 74.3 Å². The molecule has 0 unspecified atom stereocenters. The number of fused-ring (bicyclic) bond motifs is 2. The monoisotopic (exact) mass is 495 g/mol. The lowest BCUT2D eigenvalue weighted by Crippen LogP contribution is -2.52. The number of nitrogens with one attached hydrogen (secondary N) is 1. The van der Waals surface area contributed by atoms with Gasteiger partial charge in [-0.15, -0.1) is 0 Å². The van der Waals surface area contributed by atoms with Crippen molar-refractivity contribution in [3.8, 4) is 11.4 Å². The van der Waals surface area contributed by atoms with Crippen molar-refractivity contribution < 1.29 is 9.53 Å². The molecule has 190 valence electrons. The number of hydrogen-bond donors (Lipinski definition) is 1. The Morgan fingerprint density at radius 2 is 1.95 bits per heavy atom. The molecule has 2 aromatic carbocycles. The van der Waals surface area contributed by atoms with E-state index < -0.39 is 5.54 Å². The van der Waals surface area contributed by atoms with Crippen LogP contribution in [0.15, 0.2) is 54.7 Å². The molecule has 1 fully saturated rings. The average Bonchev–Trinajstić information content (AvgIpc) is 3.37. The van der Waals surface area contributed by atoms with Crippen LogP contribution in [-0.4, -0.2) is 58.1 Å². The van der Waals surface area contributed by atoms with Crippen LogP contribution >= 0.6 is 0 Å². The van der Waals surface area contributed by atoms with Gasteiger partial charge in [0, 0.05) is 46.9 Å². The lowest BCUT2D eigenvalue weighted by atomic mass is 9.86. The Kier molecular flexibility index (Phi) is 5.75. The highest BCUT2D eigenvalue weighted by atomic mass is 16.5. The second-order valence-corrected chi connectivity index (χ2v) is 10.7. The maximum atomic E-state index is 13.8. The lowest BCUT2D eigenvalue weighted by Gasteiger charge is -2.45. The molecule has 0 saturated carbocycles. The number of nitrogens with zero attached hydrogens (tertiary/aromatic N) is 4. The van der Waals surface area contributed by atoms with Crippen LogP contribution < -0.4 is 4.90 Å². The van der Waals surface area contributed by atoms with Gasteiger partial charge in [0.25, 0.3) is 5.91 Å². The molecule has 4 heterocycles. The second-order valence-electron chi connectivity index (χ2n) is 10.7. The third kappa shape index (κ3) is 3.98. The average molecular weight is 496 g/mol. The number of carbonyl (C=O) groups is 1. The summed E-state index contributed by atoms with van der Waals surface area (Å²) in [6.07, 6.45) is 2.66. The Morgan fingerprint density at radius 1 is 1.11 bits per heavy atom. The van der Waals surface area contributed by atoms with Crippen molar-refractivity contribution in [1.29, 1.82) is 0 Å². The molecule has 2 aromatic heterocycles. The van der Waals surface area contributed by atoms with Crippen molar-refractivity contribution in [2.75, 3.05) is 31.2 Å². The number of aromatic nitrogens is 3. The van der Waals surface area contributed by atoms with E-state index in [2.05, 4.69) is 48.9 Å². The number of benzene rings is 2. The van der Waals surface area contributed by atoms with Crippen molar-refractivity contribution in [3.63, 3.8) is 0 Å². The number of amides is 1. The molecule has 1 atom stereocenters. The number of aromatic amines is 1. The van der Waals surface area contributed by atoms with E-state index in [1.54, 1.807) is 0 Å². The zero-order valence-electron chi connectivity index (χ0n) is 21.9. The van der Waals surface area contributed by atoms with Gasteiger partial charge in [0.05, 0.1) is 30.5 Å². The first kappa shape index (κ1) is 23.7. The third-order valence-electron chi connectivity index (χ3n) is 7.81. The zero-order chi connectivity index (χ0) is 25.7. The Bertz CT molecular complexity index is 1490. The minimum Gasteiger partial charge on any atom is -0.377 e. The summed E-state index contributed by atoms with van der Waals surface area (Å²) in [5, 5.41) is 1.09. The van der Waals surface area contributed by atoms with E-state index in [9.17, 15) is 4.79 Å². The van der Waals surface area contributed by atoms with Crippen LogP contribution in [0.4, 0.5) is 5.82 Å². The van der Waals surface area contributed by atoms with E-state index in [0.717, 1.165) is 45.6 Å². The van der Waals surface area contributed by atoms with Gasteiger partial charge in [-0.1, -0.05) is 29.8 Å². The van der Waals surface area contributed by atoms with Crippen LogP contribution in [0.5, 0.6) is 0 Å². The van der Waals surface area contributed by atoms with Gasteiger partial charge >= 0.3 is 0 Å². The predicted octanol–water partition coefficient (Wildman–Crippen LogP) is 5.09. The fourth-order valence-electron chi connectivity index (χ4n) is 5.81. The number of morpholine rings is 1. The maximum Gasteiger partial charge on any atom is 0.254 e. The molecule has 4 aromatic rings. The molecule has 0 spiro atoms. The van der Waals surface area contributed by atoms with Crippen LogP contribution in [0.1, 0.15) is 48.0 Å². The first-order chi connectivity index (χ1) is 17.8. The van der Waals surface area contributed by atoms with Gasteiger partial charge in [-0.05, 0) is 58.4 Å². The van der Waals surface area contributed by atoms with Crippen molar-refractivity contribution in [3.05, 3.63) is 77.1 Å². The van der Waals surface area contributed by atoms with E-state index >= 15 is 0 Å². The first-order valence-electron chi connectivity index (χ1n) is 13.1. The smallest absolute Gasteiger partial charge is 0.254 e. The Labute approximate surface area is 217 Å². The zero-order valence-corrected chi connectivity index (χ0v) is 21.9. The molecule has 0 aliphatic carbocycles. The molecular weight excluding hydrogens is 462 g/mol. The first-order valence-corrected chi connectivity index (χ1v) is 13.1. The van der Waals surface area contributed by atoms with Gasteiger partial charge in [0.15, 0.2) is 5.82 Å². The third-order valence-corrected chi connectivity index (χ3v) is 7.81. The number of carbonyl (C=O) groups excluding carboxylic acids is 1. The normalized spacial score (nSPS) is 19.2. The molecule has 7 nitrogen and oxygen atoms in total. The van der Waals surface area contributed by atoms with Crippen molar-refractivity contribution >= 4 is 22.6 Å². The highest BCUT2D eigenvalue weighted by molar-refractivity contribution is 5.96. The number of anilines is 1. The number of aryl methyl sites for hydroxylation is 1. The molecule has 0 radical (unpaired) electrons.